The molecule has 14 valence electrons. The van der Waals surface area contributed by atoms with Gasteiger partial charge in [0.2, 0.25) is 0 Å². The Hall–Kier alpha value is 0.260. The maximum atomic E-state index is 4.75. The van der Waals surface area contributed by atoms with E-state index in [0.29, 0.717) is 0 Å². The Kier molecular flexibility index (Phi) is 1.67. The summed E-state index contributed by atoms with van der Waals surface area (Å²) < 4.78 is 0. The van der Waals surface area contributed by atoms with Gasteiger partial charge in [0.1, 0.15) is 0 Å². The van der Waals surface area contributed by atoms with E-state index >= 15 is 0 Å². The maximum Gasteiger partial charge on any atom is -0.137 e. The summed E-state index contributed by atoms with van der Waals surface area (Å²) in [6.45, 7) is 0. The highest BCUT2D eigenvalue weighted by atomic mass is 12.5. The van der Waals surface area contributed by atoms with Crippen LogP contribution in [0.3, 0.4) is 0 Å². The third kappa shape index (κ3) is 53.2. The van der Waals surface area contributed by atoms with Gasteiger partial charge in [0.25, 0.3) is 0 Å². The van der Waals surface area contributed by atoms with E-state index in [0.717, 1.165) is 0 Å². The van der Waals surface area contributed by atoms with Gasteiger partial charge in [-0.15, -0.1) is 6.39 Å². The first kappa shape index (κ1) is 4.26. The minimum atomic E-state index is -1.25. The molecule has 6 radical (unpaired) electrons. The molecule has 4 heteroatoms. The molecule has 4 heavy (non-hydrogen) atoms. The number of rotatable bonds is 0. The highest BCUT2D eigenvalue weighted by molar-refractivity contribution is 7.49. The molecule has 0 spiro atoms. The van der Waals surface area contributed by atoms with E-state index < -0.39 is 6.39 Å². The maximum absolute atomic E-state index is 4.75. The van der Waals surface area contributed by atoms with Crippen LogP contribution < -0.4 is 0 Å². The lowest BCUT2D eigenvalue weighted by molar-refractivity contribution is 4.02. The summed E-state index contributed by atoms with van der Waals surface area (Å²) in [7, 11) is 14.2. The molecule has 0 aliphatic heterocycles. The topological polar surface area (TPSA) is 0 Å². The van der Waals surface area contributed by atoms with Crippen LogP contribution in [-0.4, -0.2) is 29.6 Å². The quantitative estimate of drug-likeness (QED) is 0.282. The van der Waals surface area contributed by atoms with E-state index in [2.05, 4.69) is 0 Å². The molecule has 0 aliphatic carbocycles. The second-order valence-electron chi connectivity index (χ2n) is 0.707. The van der Waals surface area contributed by atoms with Crippen molar-refractivity contribution < 1.29 is 0 Å². The summed E-state index contributed by atoms with van der Waals surface area (Å²) in [5.74, 6) is 0. The van der Waals surface area contributed by atoms with Crippen molar-refractivity contribution in [2.45, 2.75) is 0 Å². The smallest absolute Gasteiger partial charge is 0.137 e. The molecule has 0 bridgehead atoms. The molecule has 0 saturated carbocycles. The van der Waals surface area contributed by atoms with E-state index in [-0.39, 0.29) is 0 Å². The Morgan fingerprint density at radius 2 is 1.00 bits per heavy atom. The van der Waals surface area contributed by atoms with Crippen LogP contribution in [0.2, 0.25) is 0 Å². The summed E-state index contributed by atoms with van der Waals surface area (Å²) in [5, 5.41) is 0. The molecule has 0 aromatic carbocycles. The first-order valence-corrected chi connectivity index (χ1v) is 1.22. The zero-order valence-corrected chi connectivity index (χ0v) is 2.44. The monoisotopic (exact) mass is 45.0 g/mol. The molecule has 0 rings (SSSR count). The van der Waals surface area contributed by atoms with Crippen LogP contribution in [0.15, 0.2) is 0 Å². The lowest BCUT2D eigenvalue weighted by Gasteiger charge is -1.90. The molecule has 0 atom stereocenters. The fourth-order valence-electron chi connectivity index (χ4n) is 0. The van der Waals surface area contributed by atoms with Crippen molar-refractivity contribution in [1.82, 2.24) is 0 Å². The van der Waals surface area contributed by atoms with Crippen molar-refractivity contribution in [3.8, 4) is 0 Å². The molecule has 0 amide bonds. The van der Waals surface area contributed by atoms with Crippen LogP contribution in [0.4, 0.5) is 0 Å². The standard InChI is InChI=1S/B4H/c1-4(2)3/h4H/q-1. The molecule has 0 aromatic heterocycles. The fourth-order valence-corrected chi connectivity index (χ4v) is 0. The molecule has 0 aromatic rings. The average Bonchev–Trinajstić information content (AvgIpc) is 0.811. The Balaban J connectivity index is 2.32. The first-order chi connectivity index (χ1) is 1.73. The van der Waals surface area contributed by atoms with Crippen LogP contribution in [0.5, 0.6) is 0 Å². The SMILES string of the molecule is [B][BH-]([B])[B]. The van der Waals surface area contributed by atoms with Gasteiger partial charge in [-0.05, 0) is 0 Å². The Labute approximate surface area is 30.6 Å². The molecule has 0 nitrogen and oxygen atoms in total. The lowest BCUT2D eigenvalue weighted by atomic mass is 9.08. The first-order valence-electron chi connectivity index (χ1n) is 1.22. The van der Waals surface area contributed by atoms with Crippen LogP contribution >= 0.6 is 0 Å². The van der Waals surface area contributed by atoms with Crippen molar-refractivity contribution in [3.63, 3.8) is 0 Å². The van der Waals surface area contributed by atoms with E-state index in [1.807, 2.05) is 0 Å². The van der Waals surface area contributed by atoms with E-state index in [9.17, 15) is 0 Å². The normalized spacial score (nSPS) is 8.25. The van der Waals surface area contributed by atoms with Gasteiger partial charge in [-0.3, -0.25) is 0 Å². The van der Waals surface area contributed by atoms with Gasteiger partial charge in [0.15, 0.2) is 0 Å². The van der Waals surface area contributed by atoms with Gasteiger partial charge >= 0.3 is 0 Å². The second kappa shape index (κ2) is 1.57. The predicted octanol–water partition coefficient (Wildman–Crippen LogP) is -1.79. The zero-order valence-electron chi connectivity index (χ0n) is 2.44. The molecular weight excluding hydrogens is 43.2 g/mol. The van der Waals surface area contributed by atoms with Gasteiger partial charge in [-0.2, -0.15) is 0 Å². The predicted molar refractivity (Wildman–Crippen MR) is 24.4 cm³/mol. The van der Waals surface area contributed by atoms with Crippen molar-refractivity contribution in [3.05, 3.63) is 0 Å². The molecule has 0 unspecified atom stereocenters. The summed E-state index contributed by atoms with van der Waals surface area (Å²) in [5.41, 5.74) is 0. The molecule has 0 fully saturated rings. The van der Waals surface area contributed by atoms with Crippen molar-refractivity contribution in [1.29, 1.82) is 0 Å². The van der Waals surface area contributed by atoms with Crippen LogP contribution in [0.25, 0.3) is 0 Å². The second-order valence-corrected chi connectivity index (χ2v) is 0.707. The molecule has 0 heterocycles. The summed E-state index contributed by atoms with van der Waals surface area (Å²) in [6.07, 6.45) is -1.25. The van der Waals surface area contributed by atoms with Crippen molar-refractivity contribution in [2.75, 3.05) is 0 Å². The minimum Gasteiger partial charge on any atom is -0.204 e. The van der Waals surface area contributed by atoms with E-state index in [1.54, 1.807) is 0 Å². The highest BCUT2D eigenvalue weighted by Crippen LogP contribution is 1.35. The van der Waals surface area contributed by atoms with Crippen molar-refractivity contribution in [2.24, 2.45) is 0 Å². The van der Waals surface area contributed by atoms with Crippen LogP contribution in [0, 0.1) is 0 Å². The van der Waals surface area contributed by atoms with Gasteiger partial charge in [-0.25, -0.2) is 23.2 Å². The van der Waals surface area contributed by atoms with Crippen LogP contribution in [-0.2, 0) is 0 Å². The summed E-state index contributed by atoms with van der Waals surface area (Å²) >= 11 is 0. The van der Waals surface area contributed by atoms with E-state index in [4.69, 9.17) is 23.2 Å². The molecular formula is HB4-. The van der Waals surface area contributed by atoms with Crippen molar-refractivity contribution >= 4 is 29.6 Å². The van der Waals surface area contributed by atoms with Gasteiger partial charge in [0, 0.05) is 0 Å². The number of hydrogen-bond acceptors (Lipinski definition) is 0. The average molecular weight is 44.3 g/mol. The zero-order chi connectivity index (χ0) is 3.58. The third-order valence-corrected chi connectivity index (χ3v) is 0. The van der Waals surface area contributed by atoms with E-state index in [1.165, 1.54) is 0 Å². The molecule has 0 saturated heterocycles. The summed E-state index contributed by atoms with van der Waals surface area (Å²) in [4.78, 5) is 0. The van der Waals surface area contributed by atoms with Gasteiger partial charge < -0.3 is 0 Å². The Bertz CT molecular complexity index is 4.75. The highest BCUT2D eigenvalue weighted by Gasteiger charge is 1.56. The summed E-state index contributed by atoms with van der Waals surface area (Å²) in [6, 6.07) is 0. The Morgan fingerprint density at radius 3 is 1.00 bits per heavy atom. The fraction of sp³-hybridized carbons (Fsp3) is 0. The third-order valence-electron chi connectivity index (χ3n) is 0. The Morgan fingerprint density at radius 1 is 1.00 bits per heavy atom. The van der Waals surface area contributed by atoms with Crippen LogP contribution in [0.1, 0.15) is 0 Å². The largest absolute Gasteiger partial charge is 0.204 e. The molecule has 0 aliphatic rings. The molecule has 0 N–H and O–H groups in total. The number of hydrogen-bond donors (Lipinski definition) is 0. The minimum absolute atomic E-state index is 1.25. The van der Waals surface area contributed by atoms with Gasteiger partial charge in [0.05, 0.1) is 0 Å². The van der Waals surface area contributed by atoms with Gasteiger partial charge in [-0.1, -0.05) is 0 Å². The lowest BCUT2D eigenvalue weighted by Crippen LogP contribution is -2.11.